The molecule has 0 amide bonds. The first kappa shape index (κ1) is 27.5. The molecule has 16 heteroatoms. The summed E-state index contributed by atoms with van der Waals surface area (Å²) in [6.45, 7) is 0. The Hall–Kier alpha value is -3.49. The van der Waals surface area contributed by atoms with Crippen LogP contribution in [-0.4, -0.2) is 38.2 Å². The number of aromatic carboxylic acids is 1. The average molecular weight is 497 g/mol. The Bertz CT molecular complexity index is 1020. The van der Waals surface area contributed by atoms with Gasteiger partial charge in [0.25, 0.3) is 11.4 Å². The Morgan fingerprint density at radius 3 is 1.65 bits per heavy atom. The number of carboxylic acids is 1. The van der Waals surface area contributed by atoms with E-state index in [4.69, 9.17) is 20.8 Å². The number of benzene rings is 2. The minimum absolute atomic E-state index is 0.0163. The van der Waals surface area contributed by atoms with Crippen molar-refractivity contribution in [3.05, 3.63) is 67.8 Å². The SMILES string of the molecule is COC(=O)c1ccc(N)c([N+](=O)[O-])c1.Nc1ccc(C(=O)O)cc1[N+](=O)[O-].O=S(Cl)Cl. The lowest BCUT2D eigenvalue weighted by atomic mass is 10.2. The molecule has 2 aromatic rings. The molecule has 0 atom stereocenters. The van der Waals surface area contributed by atoms with Gasteiger partial charge in [-0.3, -0.25) is 20.2 Å². The molecule has 0 aromatic heterocycles. The topological polar surface area (TPSA) is 219 Å². The van der Waals surface area contributed by atoms with Gasteiger partial charge in [-0.1, -0.05) is 0 Å². The van der Waals surface area contributed by atoms with Gasteiger partial charge in [0.1, 0.15) is 11.4 Å². The predicted molar refractivity (Wildman–Crippen MR) is 113 cm³/mol. The maximum Gasteiger partial charge on any atom is 0.338 e. The van der Waals surface area contributed by atoms with Crippen LogP contribution < -0.4 is 11.5 Å². The number of carbonyl (C=O) groups excluding carboxylic acids is 1. The van der Waals surface area contributed by atoms with Crippen molar-refractivity contribution in [2.45, 2.75) is 0 Å². The summed E-state index contributed by atoms with van der Waals surface area (Å²) in [5.74, 6) is -1.85. The second-order valence-electron chi connectivity index (χ2n) is 5.04. The number of nitrogen functional groups attached to an aromatic ring is 2. The lowest BCUT2D eigenvalue weighted by molar-refractivity contribution is -0.384. The molecule has 0 spiro atoms. The van der Waals surface area contributed by atoms with E-state index in [1.807, 2.05) is 0 Å². The number of carboxylic acid groups (broad SMARTS) is 1. The first-order chi connectivity index (χ1) is 14.3. The quantitative estimate of drug-likeness (QED) is 0.183. The zero-order valence-corrected chi connectivity index (χ0v) is 17.7. The van der Waals surface area contributed by atoms with Crippen LogP contribution in [0.2, 0.25) is 0 Å². The van der Waals surface area contributed by atoms with Crippen LogP contribution in [0.1, 0.15) is 20.7 Å². The van der Waals surface area contributed by atoms with E-state index in [-0.39, 0.29) is 33.9 Å². The summed E-state index contributed by atoms with van der Waals surface area (Å²) in [4.78, 5) is 40.9. The zero-order chi connectivity index (χ0) is 24.3. The first-order valence-corrected chi connectivity index (χ1v) is 10.3. The van der Waals surface area contributed by atoms with E-state index in [1.54, 1.807) is 0 Å². The Balaban J connectivity index is 0.000000497. The second-order valence-corrected chi connectivity index (χ2v) is 7.57. The van der Waals surface area contributed by atoms with Gasteiger partial charge in [-0.05, 0) is 24.3 Å². The van der Waals surface area contributed by atoms with E-state index < -0.39 is 31.0 Å². The summed E-state index contributed by atoms with van der Waals surface area (Å²) in [7, 11) is 8.56. The van der Waals surface area contributed by atoms with Crippen LogP contribution in [0.25, 0.3) is 0 Å². The summed E-state index contributed by atoms with van der Waals surface area (Å²) in [5.41, 5.74) is 9.83. The van der Waals surface area contributed by atoms with Crippen molar-refractivity contribution in [3.8, 4) is 0 Å². The number of hydrogen-bond acceptors (Lipinski definition) is 10. The fourth-order valence-corrected chi connectivity index (χ4v) is 1.78. The number of nitro benzene ring substituents is 2. The monoisotopic (exact) mass is 496 g/mol. The third kappa shape index (κ3) is 9.70. The number of nitro groups is 2. The highest BCUT2D eigenvalue weighted by molar-refractivity contribution is 8.26. The number of anilines is 2. The summed E-state index contributed by atoms with van der Waals surface area (Å²) in [6, 6.07) is 7.09. The molecule has 168 valence electrons. The normalized spacial score (nSPS) is 9.42. The minimum Gasteiger partial charge on any atom is -0.478 e. The zero-order valence-electron chi connectivity index (χ0n) is 15.4. The van der Waals surface area contributed by atoms with Crippen molar-refractivity contribution in [1.29, 1.82) is 0 Å². The number of rotatable bonds is 4. The molecule has 0 unspecified atom stereocenters. The Morgan fingerprint density at radius 1 is 0.968 bits per heavy atom. The van der Waals surface area contributed by atoms with Gasteiger partial charge >= 0.3 is 11.9 Å². The number of esters is 1. The lowest BCUT2D eigenvalue weighted by Crippen LogP contribution is -2.03. The average Bonchev–Trinajstić information content (AvgIpc) is 2.67. The molecule has 5 N–H and O–H groups in total. The second kappa shape index (κ2) is 12.9. The van der Waals surface area contributed by atoms with Crippen LogP contribution in [0.4, 0.5) is 22.7 Å². The van der Waals surface area contributed by atoms with Gasteiger partial charge in [0.2, 0.25) is 9.23 Å². The molecule has 0 aliphatic carbocycles. The van der Waals surface area contributed by atoms with Crippen LogP contribution in [-0.2, 0) is 14.0 Å². The number of methoxy groups -OCH3 is 1. The lowest BCUT2D eigenvalue weighted by Gasteiger charge is -2.00. The molecule has 0 heterocycles. The van der Waals surface area contributed by atoms with Crippen molar-refractivity contribution in [3.63, 3.8) is 0 Å². The molecule has 2 rings (SSSR count). The van der Waals surface area contributed by atoms with Crippen molar-refractivity contribution in [2.75, 3.05) is 18.6 Å². The smallest absolute Gasteiger partial charge is 0.338 e. The van der Waals surface area contributed by atoms with Crippen LogP contribution in [0.3, 0.4) is 0 Å². The van der Waals surface area contributed by atoms with Gasteiger partial charge in [-0.15, -0.1) is 0 Å². The van der Waals surface area contributed by atoms with E-state index in [0.717, 1.165) is 12.1 Å². The van der Waals surface area contributed by atoms with Crippen molar-refractivity contribution < 1.29 is 33.5 Å². The van der Waals surface area contributed by atoms with Gasteiger partial charge in [0.15, 0.2) is 0 Å². The molecule has 13 nitrogen and oxygen atoms in total. The van der Waals surface area contributed by atoms with E-state index in [0.29, 0.717) is 0 Å². The van der Waals surface area contributed by atoms with Crippen LogP contribution in [0.15, 0.2) is 36.4 Å². The highest BCUT2D eigenvalue weighted by Crippen LogP contribution is 2.23. The molecular weight excluding hydrogens is 483 g/mol. The molecule has 31 heavy (non-hydrogen) atoms. The minimum atomic E-state index is -1.67. The molecule has 0 saturated heterocycles. The molecule has 0 bridgehead atoms. The maximum atomic E-state index is 11.0. The molecule has 0 fully saturated rings. The van der Waals surface area contributed by atoms with Crippen LogP contribution >= 0.6 is 21.4 Å². The Labute approximate surface area is 185 Å². The fraction of sp³-hybridized carbons (Fsp3) is 0.0667. The standard InChI is InChI=1S/C8H8N2O4.C7H6N2O4.Cl2OS/c1-14-8(11)5-2-3-6(9)7(4-5)10(12)13;8-5-2-1-4(7(10)11)3-6(5)9(12)13;1-4(2)3/h2-4H,9H2,1H3;1-3H,8H2,(H,10,11);. The summed E-state index contributed by atoms with van der Waals surface area (Å²) in [6.07, 6.45) is 0. The number of nitrogens with zero attached hydrogens (tertiary/aromatic N) is 2. The molecule has 0 aliphatic rings. The third-order valence-corrected chi connectivity index (χ3v) is 3.12. The Kier molecular flexibility index (Phi) is 11.5. The van der Waals surface area contributed by atoms with Gasteiger partial charge in [-0.25, -0.2) is 13.8 Å². The summed E-state index contributed by atoms with van der Waals surface area (Å²) >= 11 is 0. The van der Waals surface area contributed by atoms with Crippen molar-refractivity contribution in [1.82, 2.24) is 0 Å². The van der Waals surface area contributed by atoms with Crippen molar-refractivity contribution in [2.24, 2.45) is 0 Å². The van der Waals surface area contributed by atoms with E-state index in [9.17, 15) is 29.8 Å². The summed E-state index contributed by atoms with van der Waals surface area (Å²) < 4.78 is 13.5. The maximum absolute atomic E-state index is 11.0. The molecule has 0 aliphatic heterocycles. The van der Waals surface area contributed by atoms with Crippen LogP contribution in [0, 0.1) is 20.2 Å². The highest BCUT2D eigenvalue weighted by Gasteiger charge is 2.16. The molecule has 0 saturated carbocycles. The largest absolute Gasteiger partial charge is 0.478 e. The predicted octanol–water partition coefficient (Wildman–Crippen LogP) is 2.88. The highest BCUT2D eigenvalue weighted by atomic mass is 36.0. The molecule has 0 radical (unpaired) electrons. The van der Waals surface area contributed by atoms with Crippen LogP contribution in [0.5, 0.6) is 0 Å². The van der Waals surface area contributed by atoms with Gasteiger partial charge < -0.3 is 21.3 Å². The number of carbonyl (C=O) groups is 2. The first-order valence-electron chi connectivity index (χ1n) is 7.45. The molecule has 2 aromatic carbocycles. The van der Waals surface area contributed by atoms with E-state index in [1.165, 1.54) is 31.4 Å². The fourth-order valence-electron chi connectivity index (χ4n) is 1.78. The van der Waals surface area contributed by atoms with Crippen molar-refractivity contribution >= 4 is 65.3 Å². The number of hydrogen-bond donors (Lipinski definition) is 3. The number of nitrogens with two attached hydrogens (primary N) is 2. The third-order valence-electron chi connectivity index (χ3n) is 3.12. The van der Waals surface area contributed by atoms with E-state index in [2.05, 4.69) is 26.1 Å². The molecular formula is C15H14Cl2N4O9S. The van der Waals surface area contributed by atoms with Gasteiger partial charge in [-0.2, -0.15) is 0 Å². The van der Waals surface area contributed by atoms with E-state index >= 15 is 0 Å². The van der Waals surface area contributed by atoms with Gasteiger partial charge in [0.05, 0.1) is 28.1 Å². The number of ether oxygens (including phenoxy) is 1. The van der Waals surface area contributed by atoms with Gasteiger partial charge in [0, 0.05) is 33.5 Å². The summed E-state index contributed by atoms with van der Waals surface area (Å²) in [5, 5.41) is 29.3. The Morgan fingerprint density at radius 2 is 1.32 bits per heavy atom. The number of halogens is 2.